The Labute approximate surface area is 219 Å². The van der Waals surface area contributed by atoms with Crippen LogP contribution in [-0.4, -0.2) is 47.4 Å². The first-order valence-corrected chi connectivity index (χ1v) is 12.3. The minimum absolute atomic E-state index is 0.126. The first-order chi connectivity index (χ1) is 18.6. The highest BCUT2D eigenvalue weighted by molar-refractivity contribution is 5.58. The van der Waals surface area contributed by atoms with Crippen molar-refractivity contribution < 1.29 is 26.7 Å². The molecule has 0 unspecified atom stereocenters. The number of halogens is 5. The predicted molar refractivity (Wildman–Crippen MR) is 129 cm³/mol. The zero-order valence-electron chi connectivity index (χ0n) is 21.0. The van der Waals surface area contributed by atoms with Crippen LogP contribution in [0.5, 0.6) is 5.88 Å². The monoisotopic (exact) mass is 546 g/mol. The van der Waals surface area contributed by atoms with Crippen LogP contribution in [0.4, 0.5) is 27.8 Å². The number of imidazole rings is 1. The number of pyridine rings is 1. The zero-order valence-corrected chi connectivity index (χ0v) is 21.0. The van der Waals surface area contributed by atoms with Crippen LogP contribution in [0.3, 0.4) is 0 Å². The summed E-state index contributed by atoms with van der Waals surface area (Å²) in [5.41, 5.74) is 2.99. The van der Waals surface area contributed by atoms with E-state index in [1.54, 1.807) is 16.8 Å². The van der Waals surface area contributed by atoms with E-state index in [2.05, 4.69) is 25.0 Å². The summed E-state index contributed by atoms with van der Waals surface area (Å²) < 4.78 is 73.4. The van der Waals surface area contributed by atoms with Crippen LogP contribution in [0.25, 0.3) is 17.1 Å². The molecule has 0 atom stereocenters. The summed E-state index contributed by atoms with van der Waals surface area (Å²) >= 11 is 0. The van der Waals surface area contributed by atoms with E-state index in [-0.39, 0.29) is 17.6 Å². The van der Waals surface area contributed by atoms with Crippen molar-refractivity contribution in [2.75, 3.05) is 11.4 Å². The summed E-state index contributed by atoms with van der Waals surface area (Å²) in [5.74, 6) is 0.663. The predicted octanol–water partition coefficient (Wildman–Crippen LogP) is 4.83. The van der Waals surface area contributed by atoms with Gasteiger partial charge in [-0.25, -0.2) is 19.6 Å². The molecule has 4 aromatic heterocycles. The molecule has 6 rings (SSSR count). The third kappa shape index (κ3) is 4.68. The Hall–Kier alpha value is -4.10. The molecular weight excluding hydrogens is 523 g/mol. The van der Waals surface area contributed by atoms with Gasteiger partial charge in [-0.2, -0.15) is 32.0 Å². The minimum atomic E-state index is -4.54. The Morgan fingerprint density at radius 2 is 1.90 bits per heavy atom. The number of alkyl halides is 5. The van der Waals surface area contributed by atoms with E-state index in [0.717, 1.165) is 36.0 Å². The number of aromatic nitrogens is 7. The molecule has 9 nitrogen and oxygen atoms in total. The second-order valence-electron chi connectivity index (χ2n) is 9.62. The number of aryl methyl sites for hydroxylation is 2. The first-order valence-electron chi connectivity index (χ1n) is 12.3. The molecule has 0 aromatic carbocycles. The zero-order chi connectivity index (χ0) is 27.5. The lowest BCUT2D eigenvalue weighted by Gasteiger charge is -2.29. The van der Waals surface area contributed by atoms with Crippen LogP contribution >= 0.6 is 0 Å². The highest BCUT2D eigenvalue weighted by Crippen LogP contribution is 2.44. The largest absolute Gasteiger partial charge is 0.434 e. The Balaban J connectivity index is 1.33. The van der Waals surface area contributed by atoms with Gasteiger partial charge in [-0.3, -0.25) is 0 Å². The summed E-state index contributed by atoms with van der Waals surface area (Å²) in [5, 5.41) is 4.68. The van der Waals surface area contributed by atoms with E-state index in [9.17, 15) is 22.0 Å². The van der Waals surface area contributed by atoms with Crippen LogP contribution in [0.1, 0.15) is 47.1 Å². The van der Waals surface area contributed by atoms with E-state index < -0.39 is 18.5 Å². The van der Waals surface area contributed by atoms with Gasteiger partial charge in [-0.05, 0) is 38.3 Å². The van der Waals surface area contributed by atoms with Crippen molar-refractivity contribution >= 4 is 5.82 Å². The Morgan fingerprint density at radius 1 is 1.10 bits per heavy atom. The maximum Gasteiger partial charge on any atom is 0.434 e. The van der Waals surface area contributed by atoms with Crippen LogP contribution in [0.15, 0.2) is 30.9 Å². The van der Waals surface area contributed by atoms with Crippen molar-refractivity contribution in [1.82, 2.24) is 34.3 Å². The quantitative estimate of drug-likeness (QED) is 0.321. The summed E-state index contributed by atoms with van der Waals surface area (Å²) in [6, 6.07) is 3.40. The van der Waals surface area contributed by atoms with Crippen molar-refractivity contribution in [3.8, 4) is 23.0 Å². The van der Waals surface area contributed by atoms with E-state index in [1.165, 1.54) is 24.1 Å². The van der Waals surface area contributed by atoms with Gasteiger partial charge in [0.1, 0.15) is 23.7 Å². The van der Waals surface area contributed by atoms with Gasteiger partial charge in [0, 0.05) is 43.0 Å². The lowest BCUT2D eigenvalue weighted by atomic mass is 10.0. The summed E-state index contributed by atoms with van der Waals surface area (Å²) in [6.07, 6.45) is 1.53. The second kappa shape index (κ2) is 9.27. The number of ether oxygens (including phenoxy) is 1. The van der Waals surface area contributed by atoms with E-state index in [4.69, 9.17) is 4.74 Å². The Bertz CT molecular complexity index is 1520. The maximum atomic E-state index is 13.2. The third-order valence-corrected chi connectivity index (χ3v) is 6.95. The third-order valence-electron chi connectivity index (χ3n) is 6.95. The first kappa shape index (κ1) is 25.2. The van der Waals surface area contributed by atoms with Crippen LogP contribution < -0.4 is 9.64 Å². The van der Waals surface area contributed by atoms with Gasteiger partial charge < -0.3 is 14.2 Å². The highest BCUT2D eigenvalue weighted by Gasteiger charge is 2.36. The maximum absolute atomic E-state index is 13.2. The summed E-state index contributed by atoms with van der Waals surface area (Å²) in [6.45, 7) is -0.193. The molecule has 0 amide bonds. The van der Waals surface area contributed by atoms with Gasteiger partial charge in [0.05, 0.1) is 23.6 Å². The molecule has 39 heavy (non-hydrogen) atoms. The van der Waals surface area contributed by atoms with Gasteiger partial charge in [-0.1, -0.05) is 0 Å². The molecule has 0 N–H and O–H groups in total. The van der Waals surface area contributed by atoms with Crippen molar-refractivity contribution in [3.63, 3.8) is 0 Å². The molecule has 1 saturated carbocycles. The van der Waals surface area contributed by atoms with E-state index in [1.807, 2.05) is 11.8 Å². The number of hydrogen-bond acceptors (Lipinski definition) is 7. The fraction of sp³-hybridized carbons (Fsp3) is 0.400. The molecule has 0 saturated heterocycles. The number of rotatable bonds is 6. The SMILES string of the molecule is Cc1nn(-c2c(OC(F)F)ncnc2C2CC2)c2c1CCN(c1ccc(-c3nc(C(F)(F)F)cn3C)cn1)C2. The van der Waals surface area contributed by atoms with Gasteiger partial charge in [0.15, 0.2) is 5.69 Å². The van der Waals surface area contributed by atoms with Crippen molar-refractivity contribution in [2.24, 2.45) is 7.05 Å². The topological polar surface area (TPSA) is 86.8 Å². The Morgan fingerprint density at radius 3 is 2.54 bits per heavy atom. The van der Waals surface area contributed by atoms with Crippen LogP contribution in [0, 0.1) is 6.92 Å². The van der Waals surface area contributed by atoms with Crippen LogP contribution in [0.2, 0.25) is 0 Å². The van der Waals surface area contributed by atoms with Crippen molar-refractivity contribution in [3.05, 3.63) is 59.2 Å². The molecule has 1 aliphatic carbocycles. The smallest absolute Gasteiger partial charge is 0.414 e. The number of anilines is 1. The summed E-state index contributed by atoms with van der Waals surface area (Å²) in [4.78, 5) is 18.6. The average Bonchev–Trinajstić information content (AvgIpc) is 3.59. The molecule has 5 heterocycles. The van der Waals surface area contributed by atoms with Gasteiger partial charge in [-0.15, -0.1) is 0 Å². The second-order valence-corrected chi connectivity index (χ2v) is 9.62. The normalized spacial score (nSPS) is 15.6. The van der Waals surface area contributed by atoms with Gasteiger partial charge in [0.25, 0.3) is 0 Å². The molecule has 2 aliphatic rings. The molecule has 0 spiro atoms. The van der Waals surface area contributed by atoms with Gasteiger partial charge in [0.2, 0.25) is 5.88 Å². The number of hydrogen-bond donors (Lipinski definition) is 0. The van der Waals surface area contributed by atoms with E-state index >= 15 is 0 Å². The van der Waals surface area contributed by atoms with Crippen molar-refractivity contribution in [1.29, 1.82) is 0 Å². The van der Waals surface area contributed by atoms with E-state index in [0.29, 0.717) is 42.3 Å². The molecule has 1 aliphatic heterocycles. The molecule has 14 heteroatoms. The van der Waals surface area contributed by atoms with Crippen molar-refractivity contribution in [2.45, 2.75) is 51.4 Å². The lowest BCUT2D eigenvalue weighted by molar-refractivity contribution is -0.140. The standard InChI is InChI=1S/C25H23F5N8O/c1-13-16-7-8-37(19-6-5-15(9-31-19)22-34-18(11-36(22)2)25(28,29)30)10-17(16)38(35-13)21-20(14-3-4-14)32-12-33-23(21)39-24(26)27/h5-6,9,11-12,14,24H,3-4,7-8,10H2,1-2H3. The van der Waals surface area contributed by atoms with Crippen LogP contribution in [-0.2, 0) is 26.2 Å². The Kier molecular flexibility index (Phi) is 5.99. The number of fused-ring (bicyclic) bond motifs is 1. The number of nitrogens with zero attached hydrogens (tertiary/aromatic N) is 8. The lowest BCUT2D eigenvalue weighted by Crippen LogP contribution is -2.32. The molecule has 4 aromatic rings. The average molecular weight is 547 g/mol. The fourth-order valence-corrected chi connectivity index (χ4v) is 4.96. The molecular formula is C25H23F5N8O. The minimum Gasteiger partial charge on any atom is -0.414 e. The molecule has 1 fully saturated rings. The highest BCUT2D eigenvalue weighted by atomic mass is 19.4. The molecule has 0 bridgehead atoms. The molecule has 204 valence electrons. The molecule has 0 radical (unpaired) electrons. The fourth-order valence-electron chi connectivity index (χ4n) is 4.96. The van der Waals surface area contributed by atoms with Gasteiger partial charge >= 0.3 is 12.8 Å². The summed E-state index contributed by atoms with van der Waals surface area (Å²) in [7, 11) is 1.50.